The Kier molecular flexibility index (Phi) is 5.61. The lowest BCUT2D eigenvalue weighted by Gasteiger charge is -2.21. The van der Waals surface area contributed by atoms with Crippen LogP contribution in [0.5, 0.6) is 5.75 Å². The van der Waals surface area contributed by atoms with Gasteiger partial charge in [-0.3, -0.25) is 4.90 Å². The standard InChI is InChI=1S/C26H34N2O/c29-24-10-5-21(6-11-24)17-28-18-23-9-12-25(26(23)19-28)22-7-3-20(4-8-22)13-16-27-14-1-2-15-27/h3-8,10-11,23,25-26,29H,1-2,9,12-19H2. The van der Waals surface area contributed by atoms with Crippen LogP contribution in [0.25, 0.3) is 0 Å². The van der Waals surface area contributed by atoms with Gasteiger partial charge in [-0.25, -0.2) is 0 Å². The van der Waals surface area contributed by atoms with E-state index in [-0.39, 0.29) is 0 Å². The molecule has 3 heteroatoms. The van der Waals surface area contributed by atoms with Crippen molar-refractivity contribution in [3.63, 3.8) is 0 Å². The average Bonchev–Trinajstić information content (AvgIpc) is 3.46. The third kappa shape index (κ3) is 4.36. The summed E-state index contributed by atoms with van der Waals surface area (Å²) < 4.78 is 0. The summed E-state index contributed by atoms with van der Waals surface area (Å²) in [5, 5.41) is 9.50. The van der Waals surface area contributed by atoms with Gasteiger partial charge in [0.25, 0.3) is 0 Å². The van der Waals surface area contributed by atoms with Crippen LogP contribution in [0.4, 0.5) is 0 Å². The minimum Gasteiger partial charge on any atom is -0.508 e. The Hall–Kier alpha value is -1.84. The molecule has 0 radical (unpaired) electrons. The minimum absolute atomic E-state index is 0.357. The molecule has 2 aliphatic heterocycles. The molecule has 5 rings (SSSR count). The molecule has 0 aromatic heterocycles. The third-order valence-electron chi connectivity index (χ3n) is 7.60. The normalized spacial score (nSPS) is 27.5. The number of phenols is 1. The lowest BCUT2D eigenvalue weighted by molar-refractivity contribution is 0.298. The van der Waals surface area contributed by atoms with Crippen LogP contribution in [0.15, 0.2) is 48.5 Å². The van der Waals surface area contributed by atoms with Crippen molar-refractivity contribution in [3.05, 3.63) is 65.2 Å². The highest BCUT2D eigenvalue weighted by Gasteiger charge is 2.42. The van der Waals surface area contributed by atoms with E-state index in [1.165, 1.54) is 76.0 Å². The largest absolute Gasteiger partial charge is 0.508 e. The maximum absolute atomic E-state index is 9.50. The van der Waals surface area contributed by atoms with Crippen LogP contribution in [-0.2, 0) is 13.0 Å². The number of likely N-dealkylation sites (tertiary alicyclic amines) is 2. The van der Waals surface area contributed by atoms with Gasteiger partial charge in [0.1, 0.15) is 5.75 Å². The molecular formula is C26H34N2O. The van der Waals surface area contributed by atoms with Crippen molar-refractivity contribution < 1.29 is 5.11 Å². The van der Waals surface area contributed by atoms with Gasteiger partial charge in [-0.1, -0.05) is 36.4 Å². The number of benzene rings is 2. The van der Waals surface area contributed by atoms with Crippen molar-refractivity contribution in [2.24, 2.45) is 11.8 Å². The second-order valence-corrected chi connectivity index (χ2v) is 9.51. The van der Waals surface area contributed by atoms with Crippen molar-refractivity contribution >= 4 is 0 Å². The number of nitrogens with zero attached hydrogens (tertiary/aromatic N) is 2. The lowest BCUT2D eigenvalue weighted by atomic mass is 9.86. The van der Waals surface area contributed by atoms with E-state index in [0.717, 1.165) is 24.3 Å². The zero-order valence-corrected chi connectivity index (χ0v) is 17.5. The molecule has 0 amide bonds. The first-order chi connectivity index (χ1) is 14.2. The molecule has 3 atom stereocenters. The van der Waals surface area contributed by atoms with Crippen molar-refractivity contribution in [2.75, 3.05) is 32.7 Å². The molecule has 154 valence electrons. The molecule has 2 saturated heterocycles. The molecule has 0 spiro atoms. The number of fused-ring (bicyclic) bond motifs is 1. The van der Waals surface area contributed by atoms with Gasteiger partial charge in [-0.05, 0) is 91.8 Å². The molecule has 1 aliphatic carbocycles. The van der Waals surface area contributed by atoms with Gasteiger partial charge in [-0.2, -0.15) is 0 Å². The van der Waals surface area contributed by atoms with Gasteiger partial charge in [0, 0.05) is 26.2 Å². The first-order valence-electron chi connectivity index (χ1n) is 11.6. The number of hydrogen-bond acceptors (Lipinski definition) is 3. The highest BCUT2D eigenvalue weighted by Crippen LogP contribution is 2.47. The van der Waals surface area contributed by atoms with Gasteiger partial charge in [-0.15, -0.1) is 0 Å². The van der Waals surface area contributed by atoms with Crippen molar-refractivity contribution in [3.8, 4) is 5.75 Å². The van der Waals surface area contributed by atoms with E-state index in [1.807, 2.05) is 0 Å². The van der Waals surface area contributed by atoms with Crippen molar-refractivity contribution in [1.82, 2.24) is 9.80 Å². The summed E-state index contributed by atoms with van der Waals surface area (Å²) in [7, 11) is 0. The molecule has 1 saturated carbocycles. The van der Waals surface area contributed by atoms with Crippen LogP contribution >= 0.6 is 0 Å². The molecule has 1 N–H and O–H groups in total. The lowest BCUT2D eigenvalue weighted by Crippen LogP contribution is -2.22. The molecule has 2 heterocycles. The molecule has 29 heavy (non-hydrogen) atoms. The van der Waals surface area contributed by atoms with E-state index in [9.17, 15) is 5.11 Å². The van der Waals surface area contributed by atoms with Gasteiger partial charge in [0.2, 0.25) is 0 Å². The highest BCUT2D eigenvalue weighted by atomic mass is 16.3. The van der Waals surface area contributed by atoms with Gasteiger partial charge < -0.3 is 10.0 Å². The second kappa shape index (κ2) is 8.49. The fourth-order valence-electron chi connectivity index (χ4n) is 5.99. The summed E-state index contributed by atoms with van der Waals surface area (Å²) in [6, 6.07) is 17.4. The molecule has 3 aliphatic rings. The molecule has 2 aromatic carbocycles. The number of rotatable bonds is 6. The molecule has 3 unspecified atom stereocenters. The summed E-state index contributed by atoms with van der Waals surface area (Å²) >= 11 is 0. The van der Waals surface area contributed by atoms with Crippen LogP contribution in [0.3, 0.4) is 0 Å². The predicted molar refractivity (Wildman–Crippen MR) is 118 cm³/mol. The van der Waals surface area contributed by atoms with Crippen LogP contribution in [0.2, 0.25) is 0 Å². The molecular weight excluding hydrogens is 356 g/mol. The number of hydrogen-bond donors (Lipinski definition) is 1. The summed E-state index contributed by atoms with van der Waals surface area (Å²) in [5.74, 6) is 2.75. The monoisotopic (exact) mass is 390 g/mol. The van der Waals surface area contributed by atoms with E-state index in [4.69, 9.17) is 0 Å². The zero-order valence-electron chi connectivity index (χ0n) is 17.5. The molecule has 3 nitrogen and oxygen atoms in total. The van der Waals surface area contributed by atoms with Gasteiger partial charge in [0.15, 0.2) is 0 Å². The molecule has 0 bridgehead atoms. The SMILES string of the molecule is Oc1ccc(CN2CC3CCC(c4ccc(CCN5CCCC5)cc4)C3C2)cc1. The van der Waals surface area contributed by atoms with Crippen LogP contribution in [0, 0.1) is 11.8 Å². The number of phenolic OH excluding ortho intramolecular Hbond substituents is 1. The summed E-state index contributed by atoms with van der Waals surface area (Å²) in [6.45, 7) is 7.27. The molecule has 2 aromatic rings. The first kappa shape index (κ1) is 19.1. The fraction of sp³-hybridized carbons (Fsp3) is 0.538. The third-order valence-corrected chi connectivity index (χ3v) is 7.60. The van der Waals surface area contributed by atoms with Crippen LogP contribution in [-0.4, -0.2) is 47.6 Å². The van der Waals surface area contributed by atoms with Crippen LogP contribution in [0.1, 0.15) is 48.3 Å². The average molecular weight is 391 g/mol. The van der Waals surface area contributed by atoms with E-state index in [0.29, 0.717) is 5.75 Å². The number of aromatic hydroxyl groups is 1. The Balaban J connectivity index is 1.18. The molecule has 3 fully saturated rings. The topological polar surface area (TPSA) is 26.7 Å². The van der Waals surface area contributed by atoms with Gasteiger partial charge >= 0.3 is 0 Å². The van der Waals surface area contributed by atoms with E-state index >= 15 is 0 Å². The van der Waals surface area contributed by atoms with Gasteiger partial charge in [0.05, 0.1) is 0 Å². The maximum Gasteiger partial charge on any atom is 0.115 e. The quantitative estimate of drug-likeness (QED) is 0.777. The first-order valence-corrected chi connectivity index (χ1v) is 11.6. The van der Waals surface area contributed by atoms with Crippen LogP contribution < -0.4 is 0 Å². The van der Waals surface area contributed by atoms with Crippen molar-refractivity contribution in [2.45, 2.75) is 44.6 Å². The Morgan fingerprint density at radius 3 is 2.28 bits per heavy atom. The van der Waals surface area contributed by atoms with E-state index in [1.54, 1.807) is 17.7 Å². The Bertz CT molecular complexity index is 794. The Labute approximate surface area is 175 Å². The Morgan fingerprint density at radius 1 is 0.793 bits per heavy atom. The summed E-state index contributed by atoms with van der Waals surface area (Å²) in [6.07, 6.45) is 6.69. The minimum atomic E-state index is 0.357. The highest BCUT2D eigenvalue weighted by molar-refractivity contribution is 5.29. The smallest absolute Gasteiger partial charge is 0.115 e. The Morgan fingerprint density at radius 2 is 1.52 bits per heavy atom. The second-order valence-electron chi connectivity index (χ2n) is 9.51. The zero-order chi connectivity index (χ0) is 19.6. The maximum atomic E-state index is 9.50. The van der Waals surface area contributed by atoms with E-state index < -0.39 is 0 Å². The van der Waals surface area contributed by atoms with Crippen molar-refractivity contribution in [1.29, 1.82) is 0 Å². The van der Waals surface area contributed by atoms with E-state index in [2.05, 4.69) is 46.2 Å². The summed E-state index contributed by atoms with van der Waals surface area (Å²) in [4.78, 5) is 5.23. The predicted octanol–water partition coefficient (Wildman–Crippen LogP) is 4.66. The fourth-order valence-corrected chi connectivity index (χ4v) is 5.99. The summed E-state index contributed by atoms with van der Waals surface area (Å²) in [5.41, 5.74) is 4.37.